The maximum absolute atomic E-state index is 11.7. The van der Waals surface area contributed by atoms with E-state index in [-0.39, 0.29) is 24.7 Å². The number of amides is 1. The number of nitro benzene ring substituents is 1. The van der Waals surface area contributed by atoms with Gasteiger partial charge in [-0.3, -0.25) is 14.9 Å². The molecule has 0 aliphatic heterocycles. The van der Waals surface area contributed by atoms with Gasteiger partial charge in [-0.05, 0) is 31.5 Å². The van der Waals surface area contributed by atoms with Gasteiger partial charge in [0, 0.05) is 19.7 Å². The molecule has 0 fully saturated rings. The molecular formula is C13H19N3O4. The van der Waals surface area contributed by atoms with E-state index in [1.807, 2.05) is 0 Å². The zero-order chi connectivity index (χ0) is 15.3. The Morgan fingerprint density at radius 1 is 1.45 bits per heavy atom. The van der Waals surface area contributed by atoms with Crippen molar-refractivity contribution in [2.45, 2.75) is 20.5 Å². The van der Waals surface area contributed by atoms with Crippen LogP contribution in [0.5, 0.6) is 0 Å². The molecule has 0 spiro atoms. The maximum Gasteiger partial charge on any atom is 0.292 e. The number of nitro groups is 1. The van der Waals surface area contributed by atoms with Gasteiger partial charge < -0.3 is 15.7 Å². The van der Waals surface area contributed by atoms with Gasteiger partial charge in [0.1, 0.15) is 5.69 Å². The van der Waals surface area contributed by atoms with E-state index in [1.54, 1.807) is 20.9 Å². The molecule has 0 atom stereocenters. The maximum atomic E-state index is 11.7. The monoisotopic (exact) mass is 281 g/mol. The molecule has 0 bridgehead atoms. The minimum atomic E-state index is -0.710. The first kappa shape index (κ1) is 15.9. The molecule has 1 aromatic carbocycles. The van der Waals surface area contributed by atoms with Crippen molar-refractivity contribution in [2.24, 2.45) is 5.41 Å². The Hall–Kier alpha value is -2.15. The fourth-order valence-electron chi connectivity index (χ4n) is 1.72. The van der Waals surface area contributed by atoms with Crippen molar-refractivity contribution in [3.8, 4) is 0 Å². The Morgan fingerprint density at radius 2 is 2.10 bits per heavy atom. The molecule has 0 saturated carbocycles. The number of benzene rings is 1. The van der Waals surface area contributed by atoms with E-state index >= 15 is 0 Å². The number of anilines is 1. The van der Waals surface area contributed by atoms with Crippen LogP contribution < -0.4 is 10.6 Å². The second-order valence-electron chi connectivity index (χ2n) is 5.08. The van der Waals surface area contributed by atoms with Crippen molar-refractivity contribution in [1.82, 2.24) is 5.32 Å². The van der Waals surface area contributed by atoms with Gasteiger partial charge in [0.15, 0.2) is 0 Å². The van der Waals surface area contributed by atoms with E-state index in [0.29, 0.717) is 11.3 Å². The molecule has 20 heavy (non-hydrogen) atoms. The summed E-state index contributed by atoms with van der Waals surface area (Å²) in [5.74, 6) is -0.161. The van der Waals surface area contributed by atoms with Crippen LogP contribution in [0.4, 0.5) is 11.4 Å². The predicted octanol–water partition coefficient (Wildman–Crippen LogP) is 1.27. The third-order valence-corrected chi connectivity index (χ3v) is 3.00. The van der Waals surface area contributed by atoms with Gasteiger partial charge in [-0.15, -0.1) is 0 Å². The third-order valence-electron chi connectivity index (χ3n) is 3.00. The molecule has 7 heteroatoms. The van der Waals surface area contributed by atoms with Crippen LogP contribution in [0.15, 0.2) is 18.2 Å². The van der Waals surface area contributed by atoms with Crippen LogP contribution in [0.25, 0.3) is 0 Å². The van der Waals surface area contributed by atoms with Gasteiger partial charge in [-0.1, -0.05) is 0 Å². The van der Waals surface area contributed by atoms with Crippen LogP contribution in [-0.2, 0) is 11.4 Å². The fraction of sp³-hybridized carbons (Fsp3) is 0.462. The number of rotatable bonds is 6. The second kappa shape index (κ2) is 6.33. The number of nitrogens with zero attached hydrogens (tertiary/aromatic N) is 1. The van der Waals surface area contributed by atoms with Crippen LogP contribution in [0.1, 0.15) is 19.4 Å². The van der Waals surface area contributed by atoms with Crippen LogP contribution in [0.2, 0.25) is 0 Å². The predicted molar refractivity (Wildman–Crippen MR) is 75.4 cm³/mol. The summed E-state index contributed by atoms with van der Waals surface area (Å²) in [5.41, 5.74) is 0.0574. The quantitative estimate of drug-likeness (QED) is 0.538. The van der Waals surface area contributed by atoms with E-state index in [9.17, 15) is 14.9 Å². The smallest absolute Gasteiger partial charge is 0.292 e. The average Bonchev–Trinajstić information content (AvgIpc) is 2.43. The minimum Gasteiger partial charge on any atom is -0.392 e. The van der Waals surface area contributed by atoms with E-state index in [1.165, 1.54) is 18.2 Å². The molecule has 0 unspecified atom stereocenters. The van der Waals surface area contributed by atoms with Gasteiger partial charge in [0.05, 0.1) is 16.9 Å². The molecule has 1 rings (SSSR count). The SMILES string of the molecule is CNC(=O)C(C)(C)CNc1cc(CO)ccc1[N+](=O)[O-]. The minimum absolute atomic E-state index is 0.0880. The summed E-state index contributed by atoms with van der Waals surface area (Å²) in [6.07, 6.45) is 0. The summed E-state index contributed by atoms with van der Waals surface area (Å²) in [7, 11) is 1.54. The molecule has 0 saturated heterocycles. The topological polar surface area (TPSA) is 104 Å². The Kier molecular flexibility index (Phi) is 5.04. The van der Waals surface area contributed by atoms with Crippen molar-refractivity contribution in [1.29, 1.82) is 0 Å². The molecule has 0 heterocycles. The first-order chi connectivity index (χ1) is 9.31. The highest BCUT2D eigenvalue weighted by molar-refractivity contribution is 5.82. The lowest BCUT2D eigenvalue weighted by atomic mass is 9.92. The van der Waals surface area contributed by atoms with E-state index in [0.717, 1.165) is 0 Å². The molecule has 3 N–H and O–H groups in total. The highest BCUT2D eigenvalue weighted by atomic mass is 16.6. The summed E-state index contributed by atoms with van der Waals surface area (Å²) in [6, 6.07) is 4.34. The third kappa shape index (κ3) is 3.67. The number of aliphatic hydroxyl groups is 1. The van der Waals surface area contributed by atoms with Crippen molar-refractivity contribution in [3.05, 3.63) is 33.9 Å². The largest absolute Gasteiger partial charge is 0.392 e. The highest BCUT2D eigenvalue weighted by Gasteiger charge is 2.27. The lowest BCUT2D eigenvalue weighted by Gasteiger charge is -2.23. The summed E-state index contributed by atoms with van der Waals surface area (Å²) in [4.78, 5) is 22.1. The van der Waals surface area contributed by atoms with Crippen LogP contribution in [0.3, 0.4) is 0 Å². The molecule has 0 aliphatic carbocycles. The summed E-state index contributed by atoms with van der Waals surface area (Å²) in [6.45, 7) is 3.51. The number of aliphatic hydroxyl groups excluding tert-OH is 1. The lowest BCUT2D eigenvalue weighted by molar-refractivity contribution is -0.384. The first-order valence-electron chi connectivity index (χ1n) is 6.16. The van der Waals surface area contributed by atoms with Gasteiger partial charge >= 0.3 is 0 Å². The van der Waals surface area contributed by atoms with E-state index in [2.05, 4.69) is 10.6 Å². The van der Waals surface area contributed by atoms with Gasteiger partial charge in [0.2, 0.25) is 5.91 Å². The molecule has 1 aromatic rings. The Labute approximate surface area is 117 Å². The standard InChI is InChI=1S/C13H19N3O4/c1-13(2,12(18)14-3)8-15-10-6-9(7-17)4-5-11(10)16(19)20/h4-6,15,17H,7-8H2,1-3H3,(H,14,18). The van der Waals surface area contributed by atoms with E-state index < -0.39 is 10.3 Å². The first-order valence-corrected chi connectivity index (χ1v) is 6.16. The molecule has 0 aromatic heterocycles. The van der Waals surface area contributed by atoms with Crippen molar-refractivity contribution >= 4 is 17.3 Å². The summed E-state index contributed by atoms with van der Waals surface area (Å²) in [5, 5.41) is 25.5. The zero-order valence-electron chi connectivity index (χ0n) is 11.8. The molecule has 0 aliphatic rings. The van der Waals surface area contributed by atoms with Gasteiger partial charge in [-0.25, -0.2) is 0 Å². The van der Waals surface area contributed by atoms with E-state index in [4.69, 9.17) is 5.11 Å². The molecule has 0 radical (unpaired) electrons. The van der Waals surface area contributed by atoms with Crippen LogP contribution in [0, 0.1) is 15.5 Å². The summed E-state index contributed by atoms with van der Waals surface area (Å²) < 4.78 is 0. The highest BCUT2D eigenvalue weighted by Crippen LogP contribution is 2.27. The Balaban J connectivity index is 2.96. The number of hydrogen-bond donors (Lipinski definition) is 3. The second-order valence-corrected chi connectivity index (χ2v) is 5.08. The normalized spacial score (nSPS) is 11.0. The van der Waals surface area contributed by atoms with Gasteiger partial charge in [-0.2, -0.15) is 0 Å². The Morgan fingerprint density at radius 3 is 2.60 bits per heavy atom. The fourth-order valence-corrected chi connectivity index (χ4v) is 1.72. The van der Waals surface area contributed by atoms with Crippen molar-refractivity contribution < 1.29 is 14.8 Å². The van der Waals surface area contributed by atoms with Crippen LogP contribution in [-0.4, -0.2) is 29.5 Å². The Bertz CT molecular complexity index is 514. The van der Waals surface area contributed by atoms with Gasteiger partial charge in [0.25, 0.3) is 5.69 Å². The molecular weight excluding hydrogens is 262 g/mol. The number of carbonyl (C=O) groups excluding carboxylic acids is 1. The molecule has 7 nitrogen and oxygen atoms in total. The van der Waals surface area contributed by atoms with Crippen LogP contribution >= 0.6 is 0 Å². The van der Waals surface area contributed by atoms with Crippen molar-refractivity contribution in [2.75, 3.05) is 18.9 Å². The number of carbonyl (C=O) groups is 1. The molecule has 110 valence electrons. The lowest BCUT2D eigenvalue weighted by Crippen LogP contribution is -2.39. The number of nitrogens with one attached hydrogen (secondary N) is 2. The zero-order valence-corrected chi connectivity index (χ0v) is 11.8. The van der Waals surface area contributed by atoms with Crippen molar-refractivity contribution in [3.63, 3.8) is 0 Å². The average molecular weight is 281 g/mol. The number of hydrogen-bond acceptors (Lipinski definition) is 5. The summed E-state index contributed by atoms with van der Waals surface area (Å²) >= 11 is 0. The molecule has 1 amide bonds.